The lowest BCUT2D eigenvalue weighted by Crippen LogP contribution is -1.89. The summed E-state index contributed by atoms with van der Waals surface area (Å²) in [6.07, 6.45) is 2.78. The molecule has 3 aromatic rings. The molecule has 0 fully saturated rings. The first-order valence-electron chi connectivity index (χ1n) is 6.49. The van der Waals surface area contributed by atoms with Gasteiger partial charge in [0, 0.05) is 0 Å². The normalized spacial score (nSPS) is 10.5. The summed E-state index contributed by atoms with van der Waals surface area (Å²) in [6.45, 7) is 3.83. The first-order chi connectivity index (χ1) is 9.40. The number of allylic oxidation sites excluding steroid dienone is 1. The largest absolute Gasteiger partial charge is 0.103 e. The van der Waals surface area contributed by atoms with Gasteiger partial charge in [0.15, 0.2) is 0 Å². The Kier molecular flexibility index (Phi) is 3.16. The van der Waals surface area contributed by atoms with Gasteiger partial charge in [0.1, 0.15) is 0 Å². The van der Waals surface area contributed by atoms with Crippen molar-refractivity contribution in [3.8, 4) is 11.1 Å². The van der Waals surface area contributed by atoms with E-state index in [9.17, 15) is 0 Å². The van der Waals surface area contributed by atoms with Crippen LogP contribution in [0.25, 0.3) is 21.9 Å². The van der Waals surface area contributed by atoms with Gasteiger partial charge in [-0.3, -0.25) is 0 Å². The van der Waals surface area contributed by atoms with Gasteiger partial charge in [-0.15, -0.1) is 6.58 Å². The van der Waals surface area contributed by atoms with E-state index in [1.54, 1.807) is 0 Å². The highest BCUT2D eigenvalue weighted by Gasteiger charge is 2.06. The van der Waals surface area contributed by atoms with E-state index in [-0.39, 0.29) is 0 Å². The van der Waals surface area contributed by atoms with E-state index < -0.39 is 0 Å². The van der Waals surface area contributed by atoms with Gasteiger partial charge >= 0.3 is 0 Å². The van der Waals surface area contributed by atoms with E-state index in [1.165, 1.54) is 27.5 Å². The maximum Gasteiger partial charge on any atom is -0.00878 e. The molecule has 0 N–H and O–H groups in total. The van der Waals surface area contributed by atoms with Crippen LogP contribution in [-0.4, -0.2) is 0 Å². The number of hydrogen-bond donors (Lipinski definition) is 0. The smallest absolute Gasteiger partial charge is 0.00878 e. The summed E-state index contributed by atoms with van der Waals surface area (Å²) in [5, 5.41) is 2.56. The molecule has 3 aromatic carbocycles. The quantitative estimate of drug-likeness (QED) is 0.566. The van der Waals surface area contributed by atoms with Crippen molar-refractivity contribution in [1.82, 2.24) is 0 Å². The van der Waals surface area contributed by atoms with Crippen molar-refractivity contribution < 1.29 is 0 Å². The minimum atomic E-state index is 0.847. The standard InChI is InChI=1S/C19H15/c1-2-8-15-9-3-5-12-17(15)19-14-7-11-16-10-4-6-13-18(16)19/h2-7,10-14H,1,8H2. The lowest BCUT2D eigenvalue weighted by atomic mass is 9.93. The molecule has 19 heavy (non-hydrogen) atoms. The molecular formula is C19H15. The van der Waals surface area contributed by atoms with Crippen molar-refractivity contribution in [3.05, 3.63) is 84.9 Å². The van der Waals surface area contributed by atoms with Crippen LogP contribution in [0.1, 0.15) is 5.56 Å². The molecule has 91 valence electrons. The second kappa shape index (κ2) is 5.11. The molecule has 0 aliphatic heterocycles. The minimum Gasteiger partial charge on any atom is -0.103 e. The average Bonchev–Trinajstić information content (AvgIpc) is 2.48. The zero-order chi connectivity index (χ0) is 13.1. The summed E-state index contributed by atoms with van der Waals surface area (Å²) in [7, 11) is 0. The van der Waals surface area contributed by atoms with Gasteiger partial charge in [-0.2, -0.15) is 0 Å². The fourth-order valence-corrected chi connectivity index (χ4v) is 2.50. The van der Waals surface area contributed by atoms with Gasteiger partial charge in [0.2, 0.25) is 0 Å². The fraction of sp³-hybridized carbons (Fsp3) is 0.0526. The van der Waals surface area contributed by atoms with Crippen molar-refractivity contribution in [2.45, 2.75) is 6.42 Å². The van der Waals surface area contributed by atoms with Crippen LogP contribution in [0.4, 0.5) is 0 Å². The van der Waals surface area contributed by atoms with E-state index in [4.69, 9.17) is 0 Å². The molecular weight excluding hydrogens is 228 g/mol. The lowest BCUT2D eigenvalue weighted by molar-refractivity contribution is 1.27. The Labute approximate surface area is 114 Å². The molecule has 0 heterocycles. The highest BCUT2D eigenvalue weighted by molar-refractivity contribution is 5.97. The molecule has 0 saturated heterocycles. The first-order valence-corrected chi connectivity index (χ1v) is 6.49. The van der Waals surface area contributed by atoms with Crippen LogP contribution in [0, 0.1) is 6.07 Å². The Morgan fingerprint density at radius 2 is 1.68 bits per heavy atom. The van der Waals surface area contributed by atoms with Gasteiger partial charge in [-0.25, -0.2) is 0 Å². The molecule has 0 amide bonds. The third kappa shape index (κ3) is 2.17. The van der Waals surface area contributed by atoms with Crippen molar-refractivity contribution in [2.24, 2.45) is 0 Å². The summed E-state index contributed by atoms with van der Waals surface area (Å²) < 4.78 is 0. The predicted octanol–water partition coefficient (Wildman–Crippen LogP) is 5.04. The van der Waals surface area contributed by atoms with Crippen molar-refractivity contribution in [1.29, 1.82) is 0 Å². The average molecular weight is 243 g/mol. The predicted molar refractivity (Wildman–Crippen MR) is 82.1 cm³/mol. The van der Waals surface area contributed by atoms with Gasteiger partial charge < -0.3 is 0 Å². The molecule has 0 atom stereocenters. The Morgan fingerprint density at radius 3 is 2.58 bits per heavy atom. The number of benzene rings is 3. The first kappa shape index (κ1) is 11.7. The Hall–Kier alpha value is -2.34. The molecule has 3 rings (SSSR count). The van der Waals surface area contributed by atoms with Gasteiger partial charge in [-0.1, -0.05) is 66.7 Å². The van der Waals surface area contributed by atoms with E-state index >= 15 is 0 Å². The fourth-order valence-electron chi connectivity index (χ4n) is 2.50. The maximum atomic E-state index is 3.83. The Morgan fingerprint density at radius 1 is 0.895 bits per heavy atom. The van der Waals surface area contributed by atoms with Crippen LogP contribution in [-0.2, 0) is 6.42 Å². The van der Waals surface area contributed by atoms with Crippen LogP contribution < -0.4 is 0 Å². The summed E-state index contributed by atoms with van der Waals surface area (Å²) in [6, 6.07) is 24.4. The molecule has 0 heteroatoms. The number of hydrogen-bond acceptors (Lipinski definition) is 0. The second-order valence-corrected chi connectivity index (χ2v) is 4.58. The molecule has 0 bridgehead atoms. The van der Waals surface area contributed by atoms with Crippen LogP contribution in [0.15, 0.2) is 73.3 Å². The summed E-state index contributed by atoms with van der Waals surface area (Å²) >= 11 is 0. The molecule has 0 aliphatic carbocycles. The molecule has 0 aromatic heterocycles. The highest BCUT2D eigenvalue weighted by atomic mass is 14.1. The zero-order valence-corrected chi connectivity index (χ0v) is 10.8. The van der Waals surface area contributed by atoms with E-state index in [2.05, 4.69) is 61.2 Å². The molecule has 0 spiro atoms. The van der Waals surface area contributed by atoms with Crippen molar-refractivity contribution in [3.63, 3.8) is 0 Å². The van der Waals surface area contributed by atoms with Crippen LogP contribution in [0.5, 0.6) is 0 Å². The second-order valence-electron chi connectivity index (χ2n) is 4.58. The molecule has 0 nitrogen and oxygen atoms in total. The third-order valence-electron chi connectivity index (χ3n) is 3.37. The van der Waals surface area contributed by atoms with Gasteiger partial charge in [0.25, 0.3) is 0 Å². The van der Waals surface area contributed by atoms with Gasteiger partial charge in [0.05, 0.1) is 0 Å². The minimum absolute atomic E-state index is 0.847. The monoisotopic (exact) mass is 243 g/mol. The SMILES string of the molecule is C=CCc1[c]cccc1-c1cccc2ccccc12. The highest BCUT2D eigenvalue weighted by Crippen LogP contribution is 2.30. The lowest BCUT2D eigenvalue weighted by Gasteiger charge is -2.10. The third-order valence-corrected chi connectivity index (χ3v) is 3.37. The van der Waals surface area contributed by atoms with Crippen LogP contribution >= 0.6 is 0 Å². The summed E-state index contributed by atoms with van der Waals surface area (Å²) in [5.41, 5.74) is 3.72. The van der Waals surface area contributed by atoms with E-state index in [1.807, 2.05) is 18.2 Å². The topological polar surface area (TPSA) is 0 Å². The summed E-state index contributed by atoms with van der Waals surface area (Å²) in [4.78, 5) is 0. The molecule has 1 radical (unpaired) electrons. The molecule has 0 saturated carbocycles. The molecule has 0 unspecified atom stereocenters. The maximum absolute atomic E-state index is 3.83. The number of rotatable bonds is 3. The Balaban J connectivity index is 2.27. The van der Waals surface area contributed by atoms with Gasteiger partial charge in [-0.05, 0) is 39.9 Å². The van der Waals surface area contributed by atoms with Crippen LogP contribution in [0.3, 0.4) is 0 Å². The van der Waals surface area contributed by atoms with E-state index in [0.717, 1.165) is 6.42 Å². The van der Waals surface area contributed by atoms with Crippen molar-refractivity contribution >= 4 is 10.8 Å². The zero-order valence-electron chi connectivity index (χ0n) is 10.8. The van der Waals surface area contributed by atoms with Crippen molar-refractivity contribution in [2.75, 3.05) is 0 Å². The molecule has 0 aliphatic rings. The van der Waals surface area contributed by atoms with E-state index in [0.29, 0.717) is 0 Å². The number of fused-ring (bicyclic) bond motifs is 1. The van der Waals surface area contributed by atoms with Crippen LogP contribution in [0.2, 0.25) is 0 Å². The Bertz CT molecular complexity index is 717. The summed E-state index contributed by atoms with van der Waals surface area (Å²) in [5.74, 6) is 0.